The number of nitrogen functional groups attached to an aromatic ring is 1. The summed E-state index contributed by atoms with van der Waals surface area (Å²) in [5, 5.41) is 0. The topological polar surface area (TPSA) is 63.4 Å². The predicted molar refractivity (Wildman–Crippen MR) is 77.1 cm³/mol. The number of benzene rings is 1. The summed E-state index contributed by atoms with van der Waals surface area (Å²) in [5.74, 6) is 0.584. The van der Waals surface area contributed by atoms with Gasteiger partial charge in [-0.1, -0.05) is 22.0 Å². The summed E-state index contributed by atoms with van der Waals surface area (Å²) in [5.41, 5.74) is 7.53. The van der Waals surface area contributed by atoms with E-state index in [9.17, 15) is 8.42 Å². The van der Waals surface area contributed by atoms with E-state index in [4.69, 9.17) is 5.73 Å². The van der Waals surface area contributed by atoms with Gasteiger partial charge in [-0.3, -0.25) is 4.90 Å². The zero-order valence-electron chi connectivity index (χ0n) is 10.3. The van der Waals surface area contributed by atoms with Crippen molar-refractivity contribution in [2.24, 2.45) is 0 Å². The number of anilines is 1. The van der Waals surface area contributed by atoms with E-state index in [0.29, 0.717) is 5.75 Å². The first kappa shape index (κ1) is 13.8. The molecule has 1 unspecified atom stereocenters. The number of nitrogens with two attached hydrogens (primary N) is 1. The zero-order valence-corrected chi connectivity index (χ0v) is 12.7. The van der Waals surface area contributed by atoms with Crippen LogP contribution in [0.4, 0.5) is 5.69 Å². The van der Waals surface area contributed by atoms with E-state index in [-0.39, 0.29) is 11.8 Å². The van der Waals surface area contributed by atoms with Crippen LogP contribution in [-0.4, -0.2) is 37.9 Å². The maximum absolute atomic E-state index is 11.5. The number of halogens is 1. The Morgan fingerprint density at radius 3 is 2.78 bits per heavy atom. The smallest absolute Gasteiger partial charge is 0.151 e. The summed E-state index contributed by atoms with van der Waals surface area (Å²) >= 11 is 3.48. The quantitative estimate of drug-likeness (QED) is 0.855. The second kappa shape index (κ2) is 5.19. The average Bonchev–Trinajstić information content (AvgIpc) is 2.63. The summed E-state index contributed by atoms with van der Waals surface area (Å²) in [6.45, 7) is 0.723. The lowest BCUT2D eigenvalue weighted by Crippen LogP contribution is -2.32. The summed E-state index contributed by atoms with van der Waals surface area (Å²) < 4.78 is 23.9. The third-order valence-electron chi connectivity index (χ3n) is 3.33. The minimum atomic E-state index is -2.82. The van der Waals surface area contributed by atoms with Crippen LogP contribution in [0.5, 0.6) is 0 Å². The van der Waals surface area contributed by atoms with Crippen molar-refractivity contribution < 1.29 is 8.42 Å². The number of sulfone groups is 1. The molecule has 0 saturated carbocycles. The molecular weight excluding hydrogens is 316 g/mol. The van der Waals surface area contributed by atoms with Crippen LogP contribution in [0, 0.1) is 0 Å². The molecule has 100 valence electrons. The van der Waals surface area contributed by atoms with E-state index in [1.807, 2.05) is 25.2 Å². The SMILES string of the molecule is CN(Cc1ccc(N)cc1Br)C1CCS(=O)(=O)C1. The summed E-state index contributed by atoms with van der Waals surface area (Å²) in [6, 6.07) is 5.83. The average molecular weight is 333 g/mol. The van der Waals surface area contributed by atoms with Gasteiger partial charge in [0.15, 0.2) is 9.84 Å². The minimum absolute atomic E-state index is 0.124. The monoisotopic (exact) mass is 332 g/mol. The van der Waals surface area contributed by atoms with E-state index in [1.54, 1.807) is 0 Å². The fourth-order valence-electron chi connectivity index (χ4n) is 2.21. The van der Waals surface area contributed by atoms with Crippen LogP contribution in [-0.2, 0) is 16.4 Å². The first-order valence-corrected chi connectivity index (χ1v) is 8.43. The molecule has 0 bridgehead atoms. The Morgan fingerprint density at radius 1 is 1.50 bits per heavy atom. The molecular formula is C12H17BrN2O2S. The van der Waals surface area contributed by atoms with E-state index < -0.39 is 9.84 Å². The second-order valence-electron chi connectivity index (χ2n) is 4.82. The van der Waals surface area contributed by atoms with Crippen LogP contribution in [0.25, 0.3) is 0 Å². The fourth-order valence-corrected chi connectivity index (χ4v) is 4.54. The van der Waals surface area contributed by atoms with Crippen LogP contribution < -0.4 is 5.73 Å². The third kappa shape index (κ3) is 3.24. The first-order chi connectivity index (χ1) is 8.37. The maximum Gasteiger partial charge on any atom is 0.151 e. The molecule has 1 heterocycles. The van der Waals surface area contributed by atoms with Crippen LogP contribution >= 0.6 is 15.9 Å². The number of rotatable bonds is 3. The van der Waals surface area contributed by atoms with Crippen molar-refractivity contribution in [1.29, 1.82) is 0 Å². The molecule has 2 rings (SSSR count). The van der Waals surface area contributed by atoms with Crippen molar-refractivity contribution in [3.63, 3.8) is 0 Å². The number of hydrogen-bond acceptors (Lipinski definition) is 4. The van der Waals surface area contributed by atoms with Gasteiger partial charge in [-0.25, -0.2) is 8.42 Å². The van der Waals surface area contributed by atoms with Gasteiger partial charge in [-0.2, -0.15) is 0 Å². The Morgan fingerprint density at radius 2 is 2.22 bits per heavy atom. The Labute approximate surface area is 116 Å². The molecule has 1 aromatic carbocycles. The third-order valence-corrected chi connectivity index (χ3v) is 5.82. The van der Waals surface area contributed by atoms with Crippen molar-refractivity contribution in [3.05, 3.63) is 28.2 Å². The summed E-state index contributed by atoms with van der Waals surface area (Å²) in [6.07, 6.45) is 0.728. The van der Waals surface area contributed by atoms with Crippen LogP contribution in [0.1, 0.15) is 12.0 Å². The highest BCUT2D eigenvalue weighted by molar-refractivity contribution is 9.10. The minimum Gasteiger partial charge on any atom is -0.399 e. The van der Waals surface area contributed by atoms with Gasteiger partial charge in [0.25, 0.3) is 0 Å². The largest absolute Gasteiger partial charge is 0.399 e. The molecule has 6 heteroatoms. The Bertz CT molecular complexity index is 545. The molecule has 1 atom stereocenters. The standard InChI is InChI=1S/C12H17BrN2O2S/c1-15(11-4-5-18(16,17)8-11)7-9-2-3-10(14)6-12(9)13/h2-3,6,11H,4-5,7-8,14H2,1H3. The summed E-state index contributed by atoms with van der Waals surface area (Å²) in [4.78, 5) is 2.10. The highest BCUT2D eigenvalue weighted by atomic mass is 79.9. The van der Waals surface area contributed by atoms with E-state index in [2.05, 4.69) is 20.8 Å². The van der Waals surface area contributed by atoms with Gasteiger partial charge in [0, 0.05) is 22.7 Å². The van der Waals surface area contributed by atoms with E-state index >= 15 is 0 Å². The molecule has 1 aliphatic heterocycles. The van der Waals surface area contributed by atoms with Crippen molar-refractivity contribution >= 4 is 31.5 Å². The lowest BCUT2D eigenvalue weighted by molar-refractivity contribution is 0.253. The van der Waals surface area contributed by atoms with E-state index in [1.165, 1.54) is 0 Å². The fraction of sp³-hybridized carbons (Fsp3) is 0.500. The molecule has 0 aliphatic carbocycles. The Kier molecular flexibility index (Phi) is 3.99. The molecule has 0 radical (unpaired) electrons. The van der Waals surface area contributed by atoms with Crippen LogP contribution in [0.3, 0.4) is 0 Å². The lowest BCUT2D eigenvalue weighted by Gasteiger charge is -2.23. The number of nitrogens with zero attached hydrogens (tertiary/aromatic N) is 1. The Hall–Kier alpha value is -0.590. The van der Waals surface area contributed by atoms with Crippen LogP contribution in [0.15, 0.2) is 22.7 Å². The maximum atomic E-state index is 11.5. The Balaban J connectivity index is 2.05. The molecule has 2 N–H and O–H groups in total. The number of hydrogen-bond donors (Lipinski definition) is 1. The molecule has 1 fully saturated rings. The molecule has 0 spiro atoms. The second-order valence-corrected chi connectivity index (χ2v) is 7.91. The van der Waals surface area contributed by atoms with Gasteiger partial charge in [0.2, 0.25) is 0 Å². The van der Waals surface area contributed by atoms with Crippen molar-refractivity contribution in [1.82, 2.24) is 4.90 Å². The molecule has 1 saturated heterocycles. The van der Waals surface area contributed by atoms with Crippen molar-refractivity contribution in [2.75, 3.05) is 24.3 Å². The van der Waals surface area contributed by atoms with Gasteiger partial charge in [0.1, 0.15) is 0 Å². The van der Waals surface area contributed by atoms with Crippen molar-refractivity contribution in [2.45, 2.75) is 19.0 Å². The predicted octanol–water partition coefficient (Wildman–Crippen LogP) is 1.65. The molecule has 1 aromatic rings. The van der Waals surface area contributed by atoms with Gasteiger partial charge in [-0.05, 0) is 31.2 Å². The molecule has 1 aliphatic rings. The zero-order chi connectivity index (χ0) is 13.3. The normalized spacial score (nSPS) is 22.5. The molecule has 0 aromatic heterocycles. The van der Waals surface area contributed by atoms with Gasteiger partial charge < -0.3 is 5.73 Å². The van der Waals surface area contributed by atoms with Gasteiger partial charge in [0.05, 0.1) is 11.5 Å². The van der Waals surface area contributed by atoms with Crippen LogP contribution in [0.2, 0.25) is 0 Å². The van der Waals surface area contributed by atoms with Gasteiger partial charge in [-0.15, -0.1) is 0 Å². The van der Waals surface area contributed by atoms with Crippen molar-refractivity contribution in [3.8, 4) is 0 Å². The molecule has 4 nitrogen and oxygen atoms in total. The highest BCUT2D eigenvalue weighted by Gasteiger charge is 2.30. The van der Waals surface area contributed by atoms with E-state index in [0.717, 1.165) is 28.7 Å². The first-order valence-electron chi connectivity index (χ1n) is 5.82. The molecule has 0 amide bonds. The van der Waals surface area contributed by atoms with Gasteiger partial charge >= 0.3 is 0 Å². The molecule has 18 heavy (non-hydrogen) atoms. The summed E-state index contributed by atoms with van der Waals surface area (Å²) in [7, 11) is -0.856. The lowest BCUT2D eigenvalue weighted by atomic mass is 10.1. The highest BCUT2D eigenvalue weighted by Crippen LogP contribution is 2.24.